The van der Waals surface area contributed by atoms with Gasteiger partial charge in [0.25, 0.3) is 0 Å². The third-order valence-corrected chi connectivity index (χ3v) is 6.81. The molecule has 204 valence electrons. The Hall–Kier alpha value is -4.36. The lowest BCUT2D eigenvalue weighted by Gasteiger charge is -2.21. The molecule has 0 fully saturated rings. The summed E-state index contributed by atoms with van der Waals surface area (Å²) in [6, 6.07) is 14.0. The van der Waals surface area contributed by atoms with Gasteiger partial charge in [-0.05, 0) is 98.8 Å². The fraction of sp³-hybridized carbons (Fsp3) is 0.273. The molecule has 40 heavy (non-hydrogen) atoms. The first-order chi connectivity index (χ1) is 19.0. The number of benzene rings is 2. The number of carbonyl (C=O) groups is 1. The van der Waals surface area contributed by atoms with Gasteiger partial charge in [-0.1, -0.05) is 6.07 Å². The van der Waals surface area contributed by atoms with Gasteiger partial charge in [0.05, 0.1) is 35.4 Å². The third-order valence-electron chi connectivity index (χ3n) is 6.81. The van der Waals surface area contributed by atoms with Crippen molar-refractivity contribution in [2.24, 2.45) is 0 Å². The second-order valence-electron chi connectivity index (χ2n) is 11.1. The van der Waals surface area contributed by atoms with E-state index in [0.29, 0.717) is 6.61 Å². The van der Waals surface area contributed by atoms with Crippen LogP contribution in [0.3, 0.4) is 0 Å². The number of carboxylic acids is 1. The maximum absolute atomic E-state index is 11.9. The Morgan fingerprint density at radius 2 is 1.77 bits per heavy atom. The number of aryl methyl sites for hydroxylation is 2. The maximum Gasteiger partial charge on any atom is 0.307 e. The molecule has 0 bridgehead atoms. The minimum absolute atomic E-state index is 0.0833. The zero-order valence-electron chi connectivity index (χ0n) is 23.4. The Morgan fingerprint density at radius 3 is 2.50 bits per heavy atom. The van der Waals surface area contributed by atoms with Crippen LogP contribution in [-0.4, -0.2) is 43.3 Å². The molecule has 4 heterocycles. The summed E-state index contributed by atoms with van der Waals surface area (Å²) in [6.45, 7) is 9.86. The van der Waals surface area contributed by atoms with Gasteiger partial charge in [-0.3, -0.25) is 14.8 Å². The molecule has 6 rings (SSSR count). The Balaban J connectivity index is 0.000000595. The molecular weight excluding hydrogens is 502 g/mol. The molecule has 1 aliphatic rings. The van der Waals surface area contributed by atoms with Gasteiger partial charge in [0.15, 0.2) is 0 Å². The van der Waals surface area contributed by atoms with Crippen molar-refractivity contribution in [3.63, 3.8) is 0 Å². The van der Waals surface area contributed by atoms with Gasteiger partial charge in [0, 0.05) is 46.9 Å². The molecule has 3 aromatic heterocycles. The normalized spacial score (nSPS) is 12.6. The van der Waals surface area contributed by atoms with Crippen molar-refractivity contribution in [1.82, 2.24) is 15.0 Å². The fourth-order valence-electron chi connectivity index (χ4n) is 5.12. The Morgan fingerprint density at radius 1 is 1.00 bits per heavy atom. The van der Waals surface area contributed by atoms with E-state index in [1.165, 1.54) is 5.56 Å². The zero-order chi connectivity index (χ0) is 28.6. The molecule has 1 aliphatic heterocycles. The molecule has 0 saturated heterocycles. The molecule has 0 radical (unpaired) electrons. The standard InChI is InChI=1S/C29H23N3O3.C4H10O/c1-16-7-10-30-15-22(16)23-5-3-19-24(32-23)13-17(2)21(14-26(33)34)28(19)20-4-6-25-27-18(9-12-35-25)8-11-31-29(20)27;1-4(2,3)5/h3-8,10-11,13,15H,9,12,14H2,1-2H3,(H,33,34);5H,1-3H3. The second-order valence-corrected chi connectivity index (χ2v) is 11.1. The average molecular weight is 536 g/mol. The highest BCUT2D eigenvalue weighted by molar-refractivity contribution is 6.08. The Labute approximate surface area is 233 Å². The van der Waals surface area contributed by atoms with Gasteiger partial charge in [-0.25, -0.2) is 4.98 Å². The molecule has 2 aromatic carbocycles. The number of aliphatic carboxylic acids is 1. The highest BCUT2D eigenvalue weighted by Crippen LogP contribution is 2.42. The summed E-state index contributed by atoms with van der Waals surface area (Å²) < 4.78 is 5.92. The van der Waals surface area contributed by atoms with Crippen molar-refractivity contribution in [3.05, 3.63) is 83.3 Å². The van der Waals surface area contributed by atoms with Crippen LogP contribution in [0.4, 0.5) is 0 Å². The number of hydrogen-bond donors (Lipinski definition) is 2. The molecule has 5 aromatic rings. The number of aromatic nitrogens is 3. The van der Waals surface area contributed by atoms with E-state index in [-0.39, 0.29) is 6.42 Å². The highest BCUT2D eigenvalue weighted by atomic mass is 16.5. The van der Waals surface area contributed by atoms with E-state index < -0.39 is 11.6 Å². The van der Waals surface area contributed by atoms with Crippen LogP contribution in [0.15, 0.2) is 61.1 Å². The maximum atomic E-state index is 11.9. The summed E-state index contributed by atoms with van der Waals surface area (Å²) in [7, 11) is 0. The number of ether oxygens (including phenoxy) is 1. The van der Waals surface area contributed by atoms with Crippen LogP contribution < -0.4 is 4.74 Å². The van der Waals surface area contributed by atoms with E-state index in [2.05, 4.69) is 4.98 Å². The molecule has 0 atom stereocenters. The van der Waals surface area contributed by atoms with Gasteiger partial charge < -0.3 is 14.9 Å². The number of carboxylic acid groups (broad SMARTS) is 1. The fourth-order valence-corrected chi connectivity index (χ4v) is 5.12. The molecule has 0 aliphatic carbocycles. The van der Waals surface area contributed by atoms with Crippen LogP contribution in [0, 0.1) is 13.8 Å². The number of nitrogens with zero attached hydrogens (tertiary/aromatic N) is 3. The quantitative estimate of drug-likeness (QED) is 0.272. The number of hydrogen-bond acceptors (Lipinski definition) is 6. The van der Waals surface area contributed by atoms with Crippen LogP contribution in [0.5, 0.6) is 5.75 Å². The first-order valence-electron chi connectivity index (χ1n) is 13.3. The Bertz CT molecular complexity index is 1740. The van der Waals surface area contributed by atoms with E-state index in [9.17, 15) is 9.90 Å². The second kappa shape index (κ2) is 10.7. The predicted molar refractivity (Wildman–Crippen MR) is 158 cm³/mol. The van der Waals surface area contributed by atoms with Crippen molar-refractivity contribution < 1.29 is 19.7 Å². The molecule has 7 nitrogen and oxygen atoms in total. The smallest absolute Gasteiger partial charge is 0.307 e. The molecule has 0 unspecified atom stereocenters. The largest absolute Gasteiger partial charge is 0.493 e. The first-order valence-corrected chi connectivity index (χ1v) is 13.3. The highest BCUT2D eigenvalue weighted by Gasteiger charge is 2.22. The van der Waals surface area contributed by atoms with Crippen LogP contribution in [0.1, 0.15) is 43.0 Å². The van der Waals surface area contributed by atoms with E-state index in [1.807, 2.05) is 68.7 Å². The van der Waals surface area contributed by atoms with Crippen LogP contribution in [0.2, 0.25) is 0 Å². The van der Waals surface area contributed by atoms with Gasteiger partial charge in [0.1, 0.15) is 5.75 Å². The number of aliphatic hydroxyl groups is 1. The zero-order valence-corrected chi connectivity index (χ0v) is 23.4. The minimum Gasteiger partial charge on any atom is -0.493 e. The van der Waals surface area contributed by atoms with E-state index in [1.54, 1.807) is 27.0 Å². The molecular formula is C33H33N3O4. The molecule has 7 heteroatoms. The van der Waals surface area contributed by atoms with Gasteiger partial charge in [0.2, 0.25) is 0 Å². The lowest BCUT2D eigenvalue weighted by atomic mass is 9.87. The molecule has 0 amide bonds. The summed E-state index contributed by atoms with van der Waals surface area (Å²) in [4.78, 5) is 25.9. The minimum atomic E-state index is -0.872. The van der Waals surface area contributed by atoms with E-state index >= 15 is 0 Å². The van der Waals surface area contributed by atoms with Crippen LogP contribution in [-0.2, 0) is 17.6 Å². The number of rotatable bonds is 4. The van der Waals surface area contributed by atoms with E-state index in [4.69, 9.17) is 19.8 Å². The van der Waals surface area contributed by atoms with Crippen molar-refractivity contribution in [2.75, 3.05) is 6.61 Å². The third kappa shape index (κ3) is 5.51. The lowest BCUT2D eigenvalue weighted by Crippen LogP contribution is -2.10. The van der Waals surface area contributed by atoms with Crippen LogP contribution in [0.25, 0.3) is 44.2 Å². The summed E-state index contributed by atoms with van der Waals surface area (Å²) >= 11 is 0. The monoisotopic (exact) mass is 535 g/mol. The van der Waals surface area contributed by atoms with Crippen molar-refractivity contribution in [3.8, 4) is 28.1 Å². The average Bonchev–Trinajstić information content (AvgIpc) is 2.89. The lowest BCUT2D eigenvalue weighted by molar-refractivity contribution is -0.136. The van der Waals surface area contributed by atoms with Crippen molar-refractivity contribution in [2.45, 2.75) is 53.1 Å². The summed E-state index contributed by atoms with van der Waals surface area (Å²) in [5.41, 5.74) is 8.66. The summed E-state index contributed by atoms with van der Waals surface area (Å²) in [5, 5.41) is 20.2. The molecule has 0 spiro atoms. The summed E-state index contributed by atoms with van der Waals surface area (Å²) in [6.07, 6.45) is 6.16. The van der Waals surface area contributed by atoms with Crippen LogP contribution >= 0.6 is 0 Å². The van der Waals surface area contributed by atoms with E-state index in [0.717, 1.165) is 73.1 Å². The SMILES string of the molecule is CC(C)(C)O.Cc1ccncc1-c1ccc2c(-c3ccc4c5c(ccnc35)CCO4)c(CC(=O)O)c(C)cc2n1. The number of pyridine rings is 3. The van der Waals surface area contributed by atoms with Crippen molar-refractivity contribution in [1.29, 1.82) is 0 Å². The topological polar surface area (TPSA) is 105 Å². The first kappa shape index (κ1) is 27.2. The number of fused-ring (bicyclic) bond motifs is 1. The molecule has 0 saturated carbocycles. The Kier molecular flexibility index (Phi) is 7.25. The van der Waals surface area contributed by atoms with Crippen molar-refractivity contribution >= 4 is 27.8 Å². The van der Waals surface area contributed by atoms with Gasteiger partial charge in [-0.2, -0.15) is 0 Å². The molecule has 2 N–H and O–H groups in total. The van der Waals surface area contributed by atoms with Gasteiger partial charge >= 0.3 is 5.97 Å². The predicted octanol–water partition coefficient (Wildman–Crippen LogP) is 6.47. The summed E-state index contributed by atoms with van der Waals surface area (Å²) in [5.74, 6) is -0.0504. The van der Waals surface area contributed by atoms with Gasteiger partial charge in [-0.15, -0.1) is 0 Å².